The highest BCUT2D eigenvalue weighted by atomic mass is 16.4. The number of aromatic nitrogens is 3. The van der Waals surface area contributed by atoms with Crippen LogP contribution in [0.1, 0.15) is 27.2 Å². The van der Waals surface area contributed by atoms with Gasteiger partial charge in [0.25, 0.3) is 0 Å². The number of nitrogens with zero attached hydrogens (tertiary/aromatic N) is 7. The van der Waals surface area contributed by atoms with E-state index >= 15 is 0 Å². The van der Waals surface area contributed by atoms with Crippen LogP contribution in [0.2, 0.25) is 0 Å². The standard InChI is InChI=1S/C28H25N7O3/c1-32(2)20-13-34(14-20)26-6-5-19(11-31-26)35-15-22(28(37)38)27(36)21-8-18(10-29)24(9-25(21)35)33-12-17-4-3-7-30-23(17)16-33/h3-9,11,15,20H,12-14,16H2,1-2H3,(H,37,38). The summed E-state index contributed by atoms with van der Waals surface area (Å²) < 4.78 is 1.67. The number of pyridine rings is 3. The van der Waals surface area contributed by atoms with E-state index in [1.807, 2.05) is 29.2 Å². The maximum absolute atomic E-state index is 13.2. The highest BCUT2D eigenvalue weighted by molar-refractivity contribution is 5.95. The van der Waals surface area contributed by atoms with Crippen LogP contribution in [0.5, 0.6) is 0 Å². The summed E-state index contributed by atoms with van der Waals surface area (Å²) >= 11 is 0. The quantitative estimate of drug-likeness (QED) is 0.435. The van der Waals surface area contributed by atoms with E-state index in [4.69, 9.17) is 0 Å². The zero-order valence-electron chi connectivity index (χ0n) is 21.0. The van der Waals surface area contributed by atoms with Gasteiger partial charge in [0.15, 0.2) is 0 Å². The molecule has 6 rings (SSSR count). The Morgan fingerprint density at radius 2 is 1.95 bits per heavy atom. The van der Waals surface area contributed by atoms with Gasteiger partial charge in [0, 0.05) is 43.5 Å². The molecule has 10 heteroatoms. The molecule has 0 saturated carbocycles. The van der Waals surface area contributed by atoms with Crippen LogP contribution in [0.25, 0.3) is 16.6 Å². The molecule has 0 aliphatic carbocycles. The molecule has 0 atom stereocenters. The summed E-state index contributed by atoms with van der Waals surface area (Å²) in [4.78, 5) is 40.6. The van der Waals surface area contributed by atoms with E-state index in [0.29, 0.717) is 41.6 Å². The summed E-state index contributed by atoms with van der Waals surface area (Å²) in [5.74, 6) is -0.486. The Kier molecular flexibility index (Phi) is 5.58. The number of hydrogen-bond acceptors (Lipinski definition) is 8. The van der Waals surface area contributed by atoms with Crippen LogP contribution < -0.4 is 15.2 Å². The topological polar surface area (TPSA) is 119 Å². The molecule has 1 aromatic carbocycles. The van der Waals surface area contributed by atoms with Crippen molar-refractivity contribution >= 4 is 28.4 Å². The SMILES string of the molecule is CN(C)C1CN(c2ccc(-n3cc(C(=O)O)c(=O)c4cc(C#N)c(N5Cc6cccnc6C5)cc43)cn2)C1. The summed E-state index contributed by atoms with van der Waals surface area (Å²) in [5.41, 5.74) is 3.12. The van der Waals surface area contributed by atoms with Crippen molar-refractivity contribution in [3.63, 3.8) is 0 Å². The number of aromatic carboxylic acids is 1. The molecule has 190 valence electrons. The normalized spacial score (nSPS) is 15.0. The Morgan fingerprint density at radius 1 is 1.13 bits per heavy atom. The second-order valence-corrected chi connectivity index (χ2v) is 9.91. The predicted octanol–water partition coefficient (Wildman–Crippen LogP) is 2.62. The lowest BCUT2D eigenvalue weighted by molar-refractivity contribution is 0.0695. The van der Waals surface area contributed by atoms with Crippen molar-refractivity contribution in [2.45, 2.75) is 19.1 Å². The van der Waals surface area contributed by atoms with Gasteiger partial charge in [-0.2, -0.15) is 5.26 Å². The molecule has 0 radical (unpaired) electrons. The molecule has 0 bridgehead atoms. The van der Waals surface area contributed by atoms with E-state index in [1.165, 1.54) is 12.3 Å². The number of rotatable bonds is 5. The van der Waals surface area contributed by atoms with E-state index in [-0.39, 0.29) is 10.9 Å². The molecule has 1 fully saturated rings. The molecule has 1 N–H and O–H groups in total. The van der Waals surface area contributed by atoms with Crippen LogP contribution in [-0.2, 0) is 13.1 Å². The second-order valence-electron chi connectivity index (χ2n) is 9.91. The lowest BCUT2D eigenvalue weighted by Crippen LogP contribution is -2.57. The van der Waals surface area contributed by atoms with Crippen LogP contribution in [0.15, 0.2) is 59.8 Å². The Hall–Kier alpha value is -4.75. The van der Waals surface area contributed by atoms with Crippen molar-refractivity contribution in [2.24, 2.45) is 0 Å². The van der Waals surface area contributed by atoms with E-state index in [2.05, 4.69) is 39.9 Å². The van der Waals surface area contributed by atoms with E-state index in [0.717, 1.165) is 30.2 Å². The molecule has 1 saturated heterocycles. The maximum Gasteiger partial charge on any atom is 0.341 e. The summed E-state index contributed by atoms with van der Waals surface area (Å²) in [7, 11) is 4.12. The van der Waals surface area contributed by atoms with Crippen molar-refractivity contribution in [2.75, 3.05) is 37.0 Å². The molecule has 4 aromatic rings. The van der Waals surface area contributed by atoms with Crippen molar-refractivity contribution < 1.29 is 9.90 Å². The van der Waals surface area contributed by atoms with Gasteiger partial charge in [0.2, 0.25) is 5.43 Å². The van der Waals surface area contributed by atoms with E-state index in [1.54, 1.807) is 23.0 Å². The van der Waals surface area contributed by atoms with Crippen molar-refractivity contribution in [1.29, 1.82) is 5.26 Å². The van der Waals surface area contributed by atoms with Gasteiger partial charge in [0.1, 0.15) is 17.5 Å². The zero-order chi connectivity index (χ0) is 26.6. The van der Waals surface area contributed by atoms with Crippen LogP contribution in [0.3, 0.4) is 0 Å². The number of benzene rings is 1. The minimum Gasteiger partial charge on any atom is -0.477 e. The monoisotopic (exact) mass is 507 g/mol. The van der Waals surface area contributed by atoms with Crippen molar-refractivity contribution in [3.05, 3.63) is 87.6 Å². The third kappa shape index (κ3) is 3.84. The van der Waals surface area contributed by atoms with Gasteiger partial charge < -0.3 is 24.4 Å². The average Bonchev–Trinajstić information content (AvgIpc) is 3.32. The Morgan fingerprint density at radius 3 is 2.61 bits per heavy atom. The van der Waals surface area contributed by atoms with Crippen molar-refractivity contribution in [1.82, 2.24) is 19.4 Å². The molecule has 0 spiro atoms. The van der Waals surface area contributed by atoms with E-state index < -0.39 is 11.4 Å². The number of anilines is 2. The molecule has 0 amide bonds. The van der Waals surface area contributed by atoms with Crippen LogP contribution in [-0.4, -0.2) is 63.7 Å². The number of likely N-dealkylation sites (N-methyl/N-ethyl adjacent to an activating group) is 1. The molecule has 5 heterocycles. The largest absolute Gasteiger partial charge is 0.477 e. The van der Waals surface area contributed by atoms with Gasteiger partial charge >= 0.3 is 5.97 Å². The highest BCUT2D eigenvalue weighted by Gasteiger charge is 2.29. The van der Waals surface area contributed by atoms with Crippen molar-refractivity contribution in [3.8, 4) is 11.8 Å². The minimum atomic E-state index is -1.32. The molecule has 38 heavy (non-hydrogen) atoms. The van der Waals surface area contributed by atoms with Gasteiger partial charge in [-0.3, -0.25) is 9.78 Å². The average molecular weight is 508 g/mol. The highest BCUT2D eigenvalue weighted by Crippen LogP contribution is 2.33. The van der Waals surface area contributed by atoms with Crippen LogP contribution in [0, 0.1) is 11.3 Å². The number of nitriles is 1. The molecule has 0 unspecified atom stereocenters. The molecule has 3 aromatic heterocycles. The number of fused-ring (bicyclic) bond motifs is 2. The van der Waals surface area contributed by atoms with Gasteiger partial charge in [-0.15, -0.1) is 0 Å². The number of carbonyl (C=O) groups is 1. The lowest BCUT2D eigenvalue weighted by Gasteiger charge is -2.43. The first-order chi connectivity index (χ1) is 18.3. The maximum atomic E-state index is 13.2. The fourth-order valence-electron chi connectivity index (χ4n) is 5.12. The molecule has 2 aliphatic heterocycles. The second kappa shape index (κ2) is 8.97. The Labute approximate surface area is 218 Å². The van der Waals surface area contributed by atoms with Gasteiger partial charge in [0.05, 0.1) is 40.9 Å². The number of carboxylic acid groups (broad SMARTS) is 1. The summed E-state index contributed by atoms with van der Waals surface area (Å²) in [6, 6.07) is 13.6. The molecular formula is C28H25N7O3. The fraction of sp³-hybridized carbons (Fsp3) is 0.250. The third-order valence-corrected chi connectivity index (χ3v) is 7.43. The molecule has 10 nitrogen and oxygen atoms in total. The van der Waals surface area contributed by atoms with Gasteiger partial charge in [-0.25, -0.2) is 9.78 Å². The smallest absolute Gasteiger partial charge is 0.341 e. The van der Waals surface area contributed by atoms with Crippen LogP contribution >= 0.6 is 0 Å². The fourth-order valence-corrected chi connectivity index (χ4v) is 5.12. The van der Waals surface area contributed by atoms with E-state index in [9.17, 15) is 20.0 Å². The van der Waals surface area contributed by atoms with Gasteiger partial charge in [-0.1, -0.05) is 6.07 Å². The first kappa shape index (κ1) is 23.6. The third-order valence-electron chi connectivity index (χ3n) is 7.43. The Balaban J connectivity index is 1.46. The molecular weight excluding hydrogens is 482 g/mol. The first-order valence-corrected chi connectivity index (χ1v) is 12.3. The van der Waals surface area contributed by atoms with Crippen LogP contribution in [0.4, 0.5) is 11.5 Å². The zero-order valence-corrected chi connectivity index (χ0v) is 21.0. The van der Waals surface area contributed by atoms with Gasteiger partial charge in [-0.05, 0) is 50.0 Å². The number of carboxylic acids is 1. The summed E-state index contributed by atoms with van der Waals surface area (Å²) in [6.45, 7) is 2.89. The number of hydrogen-bond donors (Lipinski definition) is 1. The minimum absolute atomic E-state index is 0.167. The molecule has 2 aliphatic rings. The predicted molar refractivity (Wildman–Crippen MR) is 143 cm³/mol. The lowest BCUT2D eigenvalue weighted by atomic mass is 10.0. The first-order valence-electron chi connectivity index (χ1n) is 12.3. The Bertz CT molecular complexity index is 1660. The summed E-state index contributed by atoms with van der Waals surface area (Å²) in [5, 5.41) is 19.9. The summed E-state index contributed by atoms with van der Waals surface area (Å²) in [6.07, 6.45) is 4.77.